The summed E-state index contributed by atoms with van der Waals surface area (Å²) in [4.78, 5) is 18.3. The van der Waals surface area contributed by atoms with E-state index in [1.807, 2.05) is 38.2 Å². The van der Waals surface area contributed by atoms with Gasteiger partial charge in [0.15, 0.2) is 20.8 Å². The Balaban J connectivity index is 1.37. The Labute approximate surface area is 198 Å². The number of carbonyl (C=O) groups excluding carboxylic acids is 1. The zero-order chi connectivity index (χ0) is 23.2. The number of para-hydroxylation sites is 1. The number of amides is 1. The minimum absolute atomic E-state index is 0.0326. The number of fused-ring (bicyclic) bond motifs is 1. The van der Waals surface area contributed by atoms with Crippen LogP contribution in [0, 0.1) is 5.92 Å². The highest BCUT2D eigenvalue weighted by atomic mass is 32.2. The molecule has 0 bridgehead atoms. The predicted octanol–water partition coefficient (Wildman–Crippen LogP) is 3.53. The van der Waals surface area contributed by atoms with Gasteiger partial charge in [-0.3, -0.25) is 9.36 Å². The molecule has 1 aliphatic heterocycles. The molecule has 33 heavy (non-hydrogen) atoms. The zero-order valence-corrected chi connectivity index (χ0v) is 20.5. The summed E-state index contributed by atoms with van der Waals surface area (Å²) in [6.07, 6.45) is 4.65. The van der Waals surface area contributed by atoms with Crippen LogP contribution in [0.5, 0.6) is 0 Å². The normalized spacial score (nSPS) is 20.0. The number of aromatic amines is 1. The van der Waals surface area contributed by atoms with Crippen molar-refractivity contribution in [2.75, 3.05) is 23.8 Å². The number of benzene rings is 1. The fourth-order valence-electron chi connectivity index (χ4n) is 4.56. The first-order valence-corrected chi connectivity index (χ1v) is 14.3. The molecule has 1 amide bonds. The molecule has 10 heteroatoms. The Morgan fingerprint density at radius 2 is 2.03 bits per heavy atom. The Morgan fingerprint density at radius 3 is 2.73 bits per heavy atom. The van der Waals surface area contributed by atoms with Crippen LogP contribution in [0.25, 0.3) is 22.3 Å². The van der Waals surface area contributed by atoms with E-state index in [-0.39, 0.29) is 35.1 Å². The zero-order valence-electron chi connectivity index (χ0n) is 18.9. The molecule has 1 saturated heterocycles. The molecule has 1 aromatic carbocycles. The number of aromatic nitrogens is 4. The van der Waals surface area contributed by atoms with Gasteiger partial charge in [0, 0.05) is 41.3 Å². The third-order valence-corrected chi connectivity index (χ3v) is 8.94. The number of thioether (sulfide) groups is 1. The molecule has 3 heterocycles. The highest BCUT2D eigenvalue weighted by Crippen LogP contribution is 2.42. The molecule has 1 unspecified atom stereocenters. The molecule has 1 saturated carbocycles. The third-order valence-electron chi connectivity index (χ3n) is 6.26. The first kappa shape index (κ1) is 22.5. The number of nitrogens with one attached hydrogen (secondary N) is 1. The summed E-state index contributed by atoms with van der Waals surface area (Å²) in [5, 5.41) is 10.8. The Morgan fingerprint density at radius 1 is 1.24 bits per heavy atom. The molecule has 1 N–H and O–H groups in total. The highest BCUT2D eigenvalue weighted by molar-refractivity contribution is 7.99. The molecule has 5 rings (SSSR count). The Hall–Kier alpha value is -2.33. The summed E-state index contributed by atoms with van der Waals surface area (Å²) in [5.74, 6) is 1.52. The minimum Gasteiger partial charge on any atom is -0.360 e. The maximum atomic E-state index is 13.2. The van der Waals surface area contributed by atoms with Gasteiger partial charge in [0.1, 0.15) is 0 Å². The standard InChI is InChI=1S/C23H29N5O3S2/c1-15(2)12-27(17-9-10-33(30,31)14-17)21(29)13-32-23-26-25-22(28(23)16-7-8-16)19-11-24-20-6-4-3-5-18(19)20/h3-6,11,15-17,24H,7-10,12-14H2,1-2H3. The number of carbonyl (C=O) groups is 1. The van der Waals surface area contributed by atoms with Crippen molar-refractivity contribution >= 4 is 38.4 Å². The summed E-state index contributed by atoms with van der Waals surface area (Å²) >= 11 is 1.40. The van der Waals surface area contributed by atoms with Gasteiger partial charge in [-0.25, -0.2) is 8.42 Å². The van der Waals surface area contributed by atoms with Crippen LogP contribution in [0.2, 0.25) is 0 Å². The van der Waals surface area contributed by atoms with Crippen molar-refractivity contribution in [3.05, 3.63) is 30.5 Å². The van der Waals surface area contributed by atoms with E-state index in [0.29, 0.717) is 19.0 Å². The molecule has 2 fully saturated rings. The molecule has 1 aliphatic carbocycles. The lowest BCUT2D eigenvalue weighted by atomic mass is 10.1. The fraction of sp³-hybridized carbons (Fsp3) is 0.522. The molecule has 8 nitrogen and oxygen atoms in total. The number of nitrogens with zero attached hydrogens (tertiary/aromatic N) is 4. The van der Waals surface area contributed by atoms with E-state index in [9.17, 15) is 13.2 Å². The molecule has 0 spiro atoms. The molecule has 2 aliphatic rings. The van der Waals surface area contributed by atoms with E-state index in [1.165, 1.54) is 11.8 Å². The smallest absolute Gasteiger partial charge is 0.233 e. The first-order valence-electron chi connectivity index (χ1n) is 11.5. The van der Waals surface area contributed by atoms with Gasteiger partial charge in [-0.05, 0) is 31.2 Å². The van der Waals surface area contributed by atoms with Crippen molar-refractivity contribution in [1.29, 1.82) is 0 Å². The second-order valence-corrected chi connectivity index (χ2v) is 12.6. The van der Waals surface area contributed by atoms with Crippen LogP contribution in [0.15, 0.2) is 35.6 Å². The van der Waals surface area contributed by atoms with Crippen LogP contribution in [-0.4, -0.2) is 68.8 Å². The van der Waals surface area contributed by atoms with Gasteiger partial charge in [-0.15, -0.1) is 10.2 Å². The predicted molar refractivity (Wildman–Crippen MR) is 130 cm³/mol. The number of sulfone groups is 1. The van der Waals surface area contributed by atoms with E-state index in [2.05, 4.69) is 25.8 Å². The topological polar surface area (TPSA) is 101 Å². The number of hydrogen-bond donors (Lipinski definition) is 1. The molecule has 0 radical (unpaired) electrons. The lowest BCUT2D eigenvalue weighted by Crippen LogP contribution is -2.44. The van der Waals surface area contributed by atoms with Gasteiger partial charge in [-0.1, -0.05) is 43.8 Å². The summed E-state index contributed by atoms with van der Waals surface area (Å²) in [6, 6.07) is 8.25. The highest BCUT2D eigenvalue weighted by Gasteiger charge is 2.36. The van der Waals surface area contributed by atoms with Crippen molar-refractivity contribution in [3.63, 3.8) is 0 Å². The van der Waals surface area contributed by atoms with Crippen molar-refractivity contribution in [3.8, 4) is 11.4 Å². The number of rotatable bonds is 8. The summed E-state index contributed by atoms with van der Waals surface area (Å²) in [7, 11) is -3.06. The van der Waals surface area contributed by atoms with Gasteiger partial charge < -0.3 is 9.88 Å². The molecule has 1 atom stereocenters. The van der Waals surface area contributed by atoms with E-state index in [4.69, 9.17) is 0 Å². The Kier molecular flexibility index (Phi) is 5.98. The van der Waals surface area contributed by atoms with Crippen molar-refractivity contribution in [2.24, 2.45) is 5.92 Å². The maximum Gasteiger partial charge on any atom is 0.233 e. The van der Waals surface area contributed by atoms with Gasteiger partial charge in [-0.2, -0.15) is 0 Å². The van der Waals surface area contributed by atoms with Crippen molar-refractivity contribution in [1.82, 2.24) is 24.6 Å². The Bertz CT molecular complexity index is 1280. The average Bonchev–Trinajstić information content (AvgIpc) is 3.22. The van der Waals surface area contributed by atoms with Crippen LogP contribution in [0.4, 0.5) is 0 Å². The molecule has 2 aromatic heterocycles. The fourth-order valence-corrected chi connectivity index (χ4v) is 7.18. The second kappa shape index (κ2) is 8.79. The van der Waals surface area contributed by atoms with Crippen LogP contribution in [-0.2, 0) is 14.6 Å². The van der Waals surface area contributed by atoms with Crippen molar-refractivity contribution in [2.45, 2.75) is 50.4 Å². The molecule has 176 valence electrons. The van der Waals surface area contributed by atoms with Gasteiger partial charge in [0.2, 0.25) is 5.91 Å². The minimum atomic E-state index is -3.06. The van der Waals surface area contributed by atoms with Crippen LogP contribution in [0.1, 0.15) is 39.2 Å². The first-order chi connectivity index (χ1) is 15.8. The molecular formula is C23H29N5O3S2. The van der Waals surface area contributed by atoms with E-state index in [0.717, 1.165) is 40.3 Å². The van der Waals surface area contributed by atoms with Crippen LogP contribution >= 0.6 is 11.8 Å². The second-order valence-electron chi connectivity index (χ2n) is 9.44. The summed E-state index contributed by atoms with van der Waals surface area (Å²) in [6.45, 7) is 4.66. The van der Waals surface area contributed by atoms with E-state index in [1.54, 1.807) is 4.90 Å². The quantitative estimate of drug-likeness (QED) is 0.488. The van der Waals surface area contributed by atoms with Crippen LogP contribution in [0.3, 0.4) is 0 Å². The lowest BCUT2D eigenvalue weighted by Gasteiger charge is -2.29. The van der Waals surface area contributed by atoms with E-state index >= 15 is 0 Å². The lowest BCUT2D eigenvalue weighted by molar-refractivity contribution is -0.130. The molecule has 3 aromatic rings. The van der Waals surface area contributed by atoms with Gasteiger partial charge >= 0.3 is 0 Å². The van der Waals surface area contributed by atoms with Crippen LogP contribution < -0.4 is 0 Å². The number of hydrogen-bond acceptors (Lipinski definition) is 6. The summed E-state index contributed by atoms with van der Waals surface area (Å²) in [5.41, 5.74) is 2.07. The SMILES string of the molecule is CC(C)CN(C(=O)CSc1nnc(-c2c[nH]c3ccccc23)n1C1CC1)C1CCS(=O)(=O)C1. The van der Waals surface area contributed by atoms with Gasteiger partial charge in [0.05, 0.1) is 17.3 Å². The maximum absolute atomic E-state index is 13.2. The molecular weight excluding hydrogens is 458 g/mol. The van der Waals surface area contributed by atoms with E-state index < -0.39 is 9.84 Å². The third kappa shape index (κ3) is 4.68. The number of H-pyrrole nitrogens is 1. The van der Waals surface area contributed by atoms with Crippen molar-refractivity contribution < 1.29 is 13.2 Å². The monoisotopic (exact) mass is 487 g/mol. The largest absolute Gasteiger partial charge is 0.360 e. The summed E-state index contributed by atoms with van der Waals surface area (Å²) < 4.78 is 26.2. The van der Waals surface area contributed by atoms with Gasteiger partial charge in [0.25, 0.3) is 0 Å². The average molecular weight is 488 g/mol.